The van der Waals surface area contributed by atoms with Crippen LogP contribution in [0.3, 0.4) is 0 Å². The molecule has 1 atom stereocenters. The summed E-state index contributed by atoms with van der Waals surface area (Å²) in [5.74, 6) is -1.29. The van der Waals surface area contributed by atoms with Gasteiger partial charge in [0.25, 0.3) is 11.5 Å². The molecule has 7 rings (SSSR count). The van der Waals surface area contributed by atoms with Crippen LogP contribution in [0.15, 0.2) is 53.8 Å². The molecule has 2 aliphatic rings. The monoisotopic (exact) mass is 709 g/mol. The Balaban J connectivity index is 1.27. The zero-order valence-electron chi connectivity index (χ0n) is 26.4. The number of amides is 2. The van der Waals surface area contributed by atoms with Crippen molar-refractivity contribution in [2.75, 3.05) is 18.4 Å². The first-order valence-corrected chi connectivity index (χ1v) is 15.7. The van der Waals surface area contributed by atoms with E-state index in [9.17, 15) is 32.7 Å². The fraction of sp³-hybridized carbons (Fsp3) is 0.312. The third-order valence-corrected chi connectivity index (χ3v) is 9.20. The van der Waals surface area contributed by atoms with Crippen LogP contribution in [0, 0.1) is 6.92 Å². The number of aromatic nitrogens is 7. The van der Waals surface area contributed by atoms with E-state index in [0.29, 0.717) is 11.3 Å². The SMILES string of the molecule is Cc1ncnc(C(=O)N2CCC3(CC2)O[C@H](C)c2c3c(=O)n3nc(-c4cccnc4)nc3n2CC(=O)Nc2ccc(C(F)(F)F)cc2Cl)c1O. The van der Waals surface area contributed by atoms with Gasteiger partial charge in [-0.3, -0.25) is 19.4 Å². The number of nitrogens with one attached hydrogen (secondary N) is 1. The molecule has 0 unspecified atom stereocenters. The van der Waals surface area contributed by atoms with E-state index in [2.05, 4.69) is 30.4 Å². The smallest absolute Gasteiger partial charge is 0.416 e. The maximum absolute atomic E-state index is 14.3. The Kier molecular flexibility index (Phi) is 8.05. The predicted molar refractivity (Wildman–Crippen MR) is 170 cm³/mol. The van der Waals surface area contributed by atoms with Gasteiger partial charge in [-0.15, -0.1) is 5.10 Å². The maximum atomic E-state index is 14.3. The van der Waals surface area contributed by atoms with E-state index in [1.54, 1.807) is 32.2 Å². The Morgan fingerprint density at radius 2 is 1.94 bits per heavy atom. The van der Waals surface area contributed by atoms with Crippen molar-refractivity contribution in [3.8, 4) is 17.1 Å². The molecule has 1 fully saturated rings. The van der Waals surface area contributed by atoms with Gasteiger partial charge < -0.3 is 24.6 Å². The number of alkyl halides is 3. The van der Waals surface area contributed by atoms with Gasteiger partial charge in [0.1, 0.15) is 18.5 Å². The average Bonchev–Trinajstić information content (AvgIpc) is 3.65. The molecule has 1 spiro atoms. The summed E-state index contributed by atoms with van der Waals surface area (Å²) < 4.78 is 48.7. The lowest BCUT2D eigenvalue weighted by molar-refractivity contribution is -0.137. The molecular weight excluding hydrogens is 683 g/mol. The molecular formula is C32H27ClF3N9O5. The molecule has 18 heteroatoms. The third-order valence-electron chi connectivity index (χ3n) is 8.89. The van der Waals surface area contributed by atoms with Crippen LogP contribution >= 0.6 is 11.6 Å². The van der Waals surface area contributed by atoms with Gasteiger partial charge in [-0.2, -0.15) is 22.7 Å². The van der Waals surface area contributed by atoms with E-state index >= 15 is 0 Å². The van der Waals surface area contributed by atoms with Gasteiger partial charge in [-0.05, 0) is 57.0 Å². The number of aromatic hydroxyl groups is 1. The molecule has 2 N–H and O–H groups in total. The number of benzene rings is 1. The number of carbonyl (C=O) groups is 2. The number of ether oxygens (including phenoxy) is 1. The molecule has 2 amide bonds. The number of fused-ring (bicyclic) bond motifs is 3. The number of hydrogen-bond acceptors (Lipinski definition) is 10. The number of piperidine rings is 1. The van der Waals surface area contributed by atoms with Gasteiger partial charge >= 0.3 is 6.18 Å². The zero-order chi connectivity index (χ0) is 35.5. The number of hydrogen-bond donors (Lipinski definition) is 2. The van der Waals surface area contributed by atoms with Gasteiger partial charge in [-0.1, -0.05) is 11.6 Å². The number of nitrogens with zero attached hydrogens (tertiary/aromatic N) is 8. The largest absolute Gasteiger partial charge is 0.504 e. The first-order chi connectivity index (χ1) is 23.8. The highest BCUT2D eigenvalue weighted by Crippen LogP contribution is 2.48. The molecule has 0 radical (unpaired) electrons. The van der Waals surface area contributed by atoms with Crippen molar-refractivity contribution in [1.29, 1.82) is 0 Å². The Labute approximate surface area is 285 Å². The van der Waals surface area contributed by atoms with Crippen LogP contribution in [-0.2, 0) is 27.9 Å². The second-order valence-corrected chi connectivity index (χ2v) is 12.4. The van der Waals surface area contributed by atoms with Crippen molar-refractivity contribution in [3.05, 3.63) is 92.6 Å². The van der Waals surface area contributed by atoms with Gasteiger partial charge in [0, 0.05) is 31.0 Å². The van der Waals surface area contributed by atoms with Crippen LogP contribution in [0.2, 0.25) is 5.02 Å². The Morgan fingerprint density at radius 1 is 1.18 bits per heavy atom. The van der Waals surface area contributed by atoms with Crippen LogP contribution in [0.25, 0.3) is 17.2 Å². The molecule has 14 nitrogen and oxygen atoms in total. The molecule has 0 bridgehead atoms. The number of pyridine rings is 1. The van der Waals surface area contributed by atoms with E-state index < -0.39 is 47.4 Å². The van der Waals surface area contributed by atoms with Crippen molar-refractivity contribution < 1.29 is 32.6 Å². The minimum Gasteiger partial charge on any atom is -0.504 e. The van der Waals surface area contributed by atoms with Gasteiger partial charge in [0.2, 0.25) is 11.7 Å². The van der Waals surface area contributed by atoms with Crippen LogP contribution < -0.4 is 10.9 Å². The second kappa shape index (κ2) is 12.2. The summed E-state index contributed by atoms with van der Waals surface area (Å²) in [5.41, 5.74) is -1.47. The molecule has 50 heavy (non-hydrogen) atoms. The van der Waals surface area contributed by atoms with Crippen molar-refractivity contribution in [2.24, 2.45) is 0 Å². The molecule has 1 aromatic carbocycles. The Hall–Kier alpha value is -5.42. The summed E-state index contributed by atoms with van der Waals surface area (Å²) in [5, 5.41) is 17.1. The summed E-state index contributed by atoms with van der Waals surface area (Å²) >= 11 is 6.11. The lowest BCUT2D eigenvalue weighted by Crippen LogP contribution is -2.47. The lowest BCUT2D eigenvalue weighted by Gasteiger charge is -2.39. The van der Waals surface area contributed by atoms with Crippen LogP contribution in [-0.4, -0.2) is 69.0 Å². The van der Waals surface area contributed by atoms with Gasteiger partial charge in [-0.25, -0.2) is 9.97 Å². The van der Waals surface area contributed by atoms with E-state index in [-0.39, 0.29) is 70.9 Å². The van der Waals surface area contributed by atoms with Crippen molar-refractivity contribution in [2.45, 2.75) is 51.1 Å². The molecule has 258 valence electrons. The van der Waals surface area contributed by atoms with Crippen LogP contribution in [0.4, 0.5) is 18.9 Å². The van der Waals surface area contributed by atoms with Gasteiger partial charge in [0.05, 0.1) is 39.3 Å². The fourth-order valence-electron chi connectivity index (χ4n) is 6.49. The van der Waals surface area contributed by atoms with Crippen molar-refractivity contribution >= 4 is 34.9 Å². The quantitative estimate of drug-likeness (QED) is 0.268. The molecule has 5 aromatic rings. The Bertz CT molecular complexity index is 2230. The highest BCUT2D eigenvalue weighted by Gasteiger charge is 2.50. The summed E-state index contributed by atoms with van der Waals surface area (Å²) in [6.07, 6.45) is -0.679. The zero-order valence-corrected chi connectivity index (χ0v) is 27.2. The highest BCUT2D eigenvalue weighted by molar-refractivity contribution is 6.33. The second-order valence-electron chi connectivity index (χ2n) is 12.0. The van der Waals surface area contributed by atoms with Gasteiger partial charge in [0.15, 0.2) is 17.3 Å². The number of carbonyl (C=O) groups excluding carboxylic acids is 2. The van der Waals surface area contributed by atoms with E-state index in [1.807, 2.05) is 0 Å². The number of likely N-dealkylation sites (tertiary alicyclic amines) is 1. The average molecular weight is 710 g/mol. The predicted octanol–water partition coefficient (Wildman–Crippen LogP) is 4.29. The molecule has 6 heterocycles. The molecule has 2 aliphatic heterocycles. The fourth-order valence-corrected chi connectivity index (χ4v) is 6.72. The third kappa shape index (κ3) is 5.61. The number of anilines is 1. The maximum Gasteiger partial charge on any atom is 0.416 e. The normalized spacial score (nSPS) is 16.9. The minimum absolute atomic E-state index is 0.0241. The molecule has 0 saturated carbocycles. The summed E-state index contributed by atoms with van der Waals surface area (Å²) in [6, 6.07) is 5.97. The standard InChI is InChI=1S/C32H27ClF3N9O5/c1-16-26(47)24(39-15-38-16)29(49)43-10-7-31(8-11-43)23-25(17(2)50-31)44(14-22(46)40-21-6-5-19(12-20(21)33)32(34,35)36)30-41-27(42-45(30)28(23)48)18-4-3-9-37-13-18/h3-6,9,12-13,15,17,47H,7-8,10-11,14H2,1-2H3,(H,40,46)/t17-/m1/s1. The minimum atomic E-state index is -4.62. The van der Waals surface area contributed by atoms with Crippen LogP contribution in [0.5, 0.6) is 5.75 Å². The summed E-state index contributed by atoms with van der Waals surface area (Å²) in [7, 11) is 0. The molecule has 4 aromatic heterocycles. The van der Waals surface area contributed by atoms with Crippen LogP contribution in [0.1, 0.15) is 58.9 Å². The molecule has 0 aliphatic carbocycles. The van der Waals surface area contributed by atoms with Crippen molar-refractivity contribution in [1.82, 2.24) is 39.0 Å². The Morgan fingerprint density at radius 3 is 2.62 bits per heavy atom. The van der Waals surface area contributed by atoms with E-state index in [0.717, 1.165) is 22.7 Å². The van der Waals surface area contributed by atoms with Crippen molar-refractivity contribution in [3.63, 3.8) is 0 Å². The van der Waals surface area contributed by atoms with E-state index in [4.69, 9.17) is 16.3 Å². The first kappa shape index (κ1) is 33.1. The number of halogens is 4. The highest BCUT2D eigenvalue weighted by atomic mass is 35.5. The summed E-state index contributed by atoms with van der Waals surface area (Å²) in [6.45, 7) is 3.14. The molecule has 1 saturated heterocycles. The van der Waals surface area contributed by atoms with E-state index in [1.165, 1.54) is 22.0 Å². The lowest BCUT2D eigenvalue weighted by atomic mass is 9.85. The number of rotatable bonds is 5. The summed E-state index contributed by atoms with van der Waals surface area (Å²) in [4.78, 5) is 59.2. The first-order valence-electron chi connectivity index (χ1n) is 15.4. The number of aryl methyl sites for hydroxylation is 1. The topological polar surface area (TPSA) is 170 Å².